The van der Waals surface area contributed by atoms with Crippen molar-refractivity contribution in [2.75, 3.05) is 19.9 Å². The second-order valence-electron chi connectivity index (χ2n) is 9.21. The van der Waals surface area contributed by atoms with Gasteiger partial charge < -0.3 is 14.6 Å². The summed E-state index contributed by atoms with van der Waals surface area (Å²) >= 11 is 1.52. The van der Waals surface area contributed by atoms with E-state index in [1.807, 2.05) is 26.2 Å². The summed E-state index contributed by atoms with van der Waals surface area (Å²) in [7, 11) is 1.78. The lowest BCUT2D eigenvalue weighted by Crippen LogP contribution is -2.35. The Kier molecular flexibility index (Phi) is 7.52. The van der Waals surface area contributed by atoms with Crippen LogP contribution in [0, 0.1) is 18.8 Å². The van der Waals surface area contributed by atoms with Crippen LogP contribution in [-0.2, 0) is 9.53 Å². The summed E-state index contributed by atoms with van der Waals surface area (Å²) in [5, 5.41) is 3.72. The number of ether oxygens (including phenoxy) is 1. The molecule has 0 bridgehead atoms. The maximum absolute atomic E-state index is 13.4. The minimum absolute atomic E-state index is 0.194. The second-order valence-corrected chi connectivity index (χ2v) is 10.1. The van der Waals surface area contributed by atoms with Gasteiger partial charge >= 0.3 is 0 Å². The summed E-state index contributed by atoms with van der Waals surface area (Å²) in [5.41, 5.74) is 2.92. The first-order chi connectivity index (χ1) is 16.3. The van der Waals surface area contributed by atoms with Crippen molar-refractivity contribution in [3.05, 3.63) is 34.8 Å². The van der Waals surface area contributed by atoms with Crippen LogP contribution in [0.1, 0.15) is 61.6 Å². The Labute approximate surface area is 204 Å². The Morgan fingerprint density at radius 1 is 1.29 bits per heavy atom. The van der Waals surface area contributed by atoms with Gasteiger partial charge in [-0.3, -0.25) is 9.59 Å². The second kappa shape index (κ2) is 10.4. The third-order valence-corrected chi connectivity index (χ3v) is 8.14. The molecule has 1 aliphatic carbocycles. The normalized spacial score (nSPS) is 24.0. The number of fused-ring (bicyclic) bond motifs is 1. The molecule has 0 spiro atoms. The van der Waals surface area contributed by atoms with Gasteiger partial charge in [0.1, 0.15) is 12.0 Å². The fourth-order valence-electron chi connectivity index (χ4n) is 5.35. The highest BCUT2D eigenvalue weighted by atomic mass is 32.2. The van der Waals surface area contributed by atoms with Crippen LogP contribution >= 0.6 is 11.8 Å². The highest BCUT2D eigenvalue weighted by Crippen LogP contribution is 2.37. The molecule has 0 saturated heterocycles. The first-order valence-corrected chi connectivity index (χ1v) is 13.0. The number of rotatable bonds is 7. The largest absolute Gasteiger partial charge is 0.381 e. The highest BCUT2D eigenvalue weighted by Gasteiger charge is 2.31. The molecule has 1 N–H and O–H groups in total. The fraction of sp³-hybridized carbons (Fsp3) is 0.560. The van der Waals surface area contributed by atoms with Gasteiger partial charge in [-0.1, -0.05) is 0 Å². The molecule has 2 atom stereocenters. The average Bonchev–Trinajstić information content (AvgIpc) is 3.14. The van der Waals surface area contributed by atoms with Gasteiger partial charge in [-0.25, -0.2) is 15.0 Å². The van der Waals surface area contributed by atoms with E-state index in [1.165, 1.54) is 18.1 Å². The summed E-state index contributed by atoms with van der Waals surface area (Å²) in [5.74, 6) is -0.400. The molecule has 34 heavy (non-hydrogen) atoms. The molecule has 2 aromatic rings. The van der Waals surface area contributed by atoms with Crippen LogP contribution < -0.4 is 5.32 Å². The number of hydrogen-bond donors (Lipinski definition) is 1. The minimum atomic E-state index is -0.456. The van der Waals surface area contributed by atoms with Crippen LogP contribution in [0.25, 0.3) is 11.0 Å². The van der Waals surface area contributed by atoms with Crippen LogP contribution in [0.15, 0.2) is 28.5 Å². The Balaban J connectivity index is 1.59. The lowest BCUT2D eigenvalue weighted by atomic mass is 9.83. The van der Waals surface area contributed by atoms with Gasteiger partial charge in [0.25, 0.3) is 11.8 Å². The topological polar surface area (TPSA) is 98.5 Å². The number of carbonyl (C=O) groups excluding carboxylic acids is 2. The van der Waals surface area contributed by atoms with Gasteiger partial charge in [-0.2, -0.15) is 0 Å². The van der Waals surface area contributed by atoms with Gasteiger partial charge in [0.05, 0.1) is 23.0 Å². The number of hydrogen-bond acceptors (Lipinski definition) is 6. The Bertz CT molecular complexity index is 1150. The molecule has 2 amide bonds. The summed E-state index contributed by atoms with van der Waals surface area (Å²) < 4.78 is 7.73. The minimum Gasteiger partial charge on any atom is -0.381 e. The summed E-state index contributed by atoms with van der Waals surface area (Å²) in [6.45, 7) is 6.20. The van der Waals surface area contributed by atoms with E-state index in [2.05, 4.69) is 31.8 Å². The van der Waals surface area contributed by atoms with Crippen molar-refractivity contribution in [3.8, 4) is 0 Å². The zero-order valence-electron chi connectivity index (χ0n) is 20.5. The lowest BCUT2D eigenvalue weighted by molar-refractivity contribution is -0.120. The average molecular weight is 484 g/mol. The summed E-state index contributed by atoms with van der Waals surface area (Å²) in [4.78, 5) is 39.6. The van der Waals surface area contributed by atoms with Crippen LogP contribution in [-0.4, -0.2) is 58.1 Å². The number of amides is 2. The van der Waals surface area contributed by atoms with Crippen LogP contribution in [0.3, 0.4) is 0 Å². The molecular weight excluding hydrogens is 450 g/mol. The molecule has 3 heterocycles. The molecule has 0 radical (unpaired) electrons. The van der Waals surface area contributed by atoms with E-state index in [4.69, 9.17) is 4.74 Å². The van der Waals surface area contributed by atoms with Crippen molar-refractivity contribution in [1.82, 2.24) is 19.9 Å². The molecule has 8 nitrogen and oxygen atoms in total. The summed E-state index contributed by atoms with van der Waals surface area (Å²) in [6, 6.07) is 0.194. The van der Waals surface area contributed by atoms with Crippen molar-refractivity contribution < 1.29 is 14.3 Å². The maximum atomic E-state index is 13.4. The van der Waals surface area contributed by atoms with Crippen molar-refractivity contribution >= 4 is 40.3 Å². The smallest absolute Gasteiger partial charge is 0.255 e. The van der Waals surface area contributed by atoms with Crippen LogP contribution in [0.4, 0.5) is 0 Å². The zero-order valence-corrected chi connectivity index (χ0v) is 21.3. The maximum Gasteiger partial charge on any atom is 0.255 e. The monoisotopic (exact) mass is 483 g/mol. The molecule has 4 rings (SSSR count). The van der Waals surface area contributed by atoms with E-state index in [0.29, 0.717) is 23.3 Å². The number of thioether (sulfide) groups is 1. The summed E-state index contributed by atoms with van der Waals surface area (Å²) in [6.07, 6.45) is 11.7. The Hall–Kier alpha value is -2.52. The van der Waals surface area contributed by atoms with Crippen molar-refractivity contribution in [2.24, 2.45) is 16.8 Å². The number of methoxy groups -OCH3 is 1. The standard InChI is InChI=1S/C25H33N5O3S/c1-14-10-21(34-5)19(24(31)29-14)12-27-25(32)22-16(3)30(23-20(22)11-26-13-28-23)15(2)17-6-8-18(33-4)9-7-17/h10-11,13,15,17-19H,6-9,12H2,1-5H3,(H,27,32)/t15-,17?,18?,19?/m1/s1. The van der Waals surface area contributed by atoms with Crippen molar-refractivity contribution in [1.29, 1.82) is 0 Å². The van der Waals surface area contributed by atoms with Gasteiger partial charge in [-0.15, -0.1) is 11.8 Å². The predicted molar refractivity (Wildman–Crippen MR) is 135 cm³/mol. The predicted octanol–water partition coefficient (Wildman–Crippen LogP) is 4.10. The number of dihydropyridines is 1. The number of aliphatic imine (C=N–C) groups is 1. The van der Waals surface area contributed by atoms with E-state index in [-0.39, 0.29) is 24.4 Å². The van der Waals surface area contributed by atoms with Gasteiger partial charge in [0.15, 0.2) is 0 Å². The molecule has 2 aliphatic rings. The lowest BCUT2D eigenvalue weighted by Gasteiger charge is -2.33. The molecular formula is C25H33N5O3S. The first-order valence-electron chi connectivity index (χ1n) is 11.8. The number of carbonyl (C=O) groups is 2. The zero-order chi connectivity index (χ0) is 24.4. The molecule has 0 aromatic carbocycles. The van der Waals surface area contributed by atoms with Crippen LogP contribution in [0.5, 0.6) is 0 Å². The molecule has 1 aliphatic heterocycles. The quantitative estimate of drug-likeness (QED) is 0.637. The Morgan fingerprint density at radius 3 is 2.71 bits per heavy atom. The van der Waals surface area contributed by atoms with E-state index in [0.717, 1.165) is 47.3 Å². The number of nitrogens with one attached hydrogen (secondary N) is 1. The number of aromatic nitrogens is 3. The van der Waals surface area contributed by atoms with Gasteiger partial charge in [-0.05, 0) is 64.7 Å². The third-order valence-electron chi connectivity index (χ3n) is 7.26. The molecule has 182 valence electrons. The number of allylic oxidation sites excluding steroid dienone is 1. The molecule has 2 aromatic heterocycles. The van der Waals surface area contributed by atoms with Crippen LogP contribution in [0.2, 0.25) is 0 Å². The van der Waals surface area contributed by atoms with Crippen molar-refractivity contribution in [3.63, 3.8) is 0 Å². The fourth-order valence-corrected chi connectivity index (χ4v) is 6.11. The number of nitrogens with zero attached hydrogens (tertiary/aromatic N) is 4. The Morgan fingerprint density at radius 2 is 2.03 bits per heavy atom. The first kappa shape index (κ1) is 24.6. The van der Waals surface area contributed by atoms with Gasteiger partial charge in [0.2, 0.25) is 0 Å². The van der Waals surface area contributed by atoms with E-state index < -0.39 is 5.92 Å². The van der Waals surface area contributed by atoms with Crippen molar-refractivity contribution in [2.45, 2.75) is 58.6 Å². The third kappa shape index (κ3) is 4.68. The molecule has 1 unspecified atom stereocenters. The molecule has 9 heteroatoms. The van der Waals surface area contributed by atoms with E-state index in [9.17, 15) is 9.59 Å². The SMILES string of the molecule is COC1CCC([C@@H](C)n2c(C)c(C(=O)NCC3C(=O)N=C(C)C=C3SC)c3cncnc32)CC1. The molecule has 1 fully saturated rings. The highest BCUT2D eigenvalue weighted by molar-refractivity contribution is 8.02. The van der Waals surface area contributed by atoms with E-state index >= 15 is 0 Å². The van der Waals surface area contributed by atoms with Gasteiger partial charge in [0, 0.05) is 42.2 Å². The molecule has 1 saturated carbocycles. The van der Waals surface area contributed by atoms with E-state index in [1.54, 1.807) is 13.3 Å².